The first kappa shape index (κ1) is 10.5. The molecule has 12 heavy (non-hydrogen) atoms. The third-order valence-electron chi connectivity index (χ3n) is 1.62. The Morgan fingerprint density at radius 1 is 1.25 bits per heavy atom. The summed E-state index contributed by atoms with van der Waals surface area (Å²) in [6.07, 6.45) is 1.89. The van der Waals surface area contributed by atoms with Gasteiger partial charge in [-0.3, -0.25) is 0 Å². The maximum atomic E-state index is 3.75. The third kappa shape index (κ3) is 2.73. The molecular weight excluding hydrogens is 374 g/mol. The van der Waals surface area contributed by atoms with Crippen LogP contribution < -0.4 is 0 Å². The zero-order valence-corrected chi connectivity index (χ0v) is 11.1. The summed E-state index contributed by atoms with van der Waals surface area (Å²) in [5, 5.41) is 0. The minimum absolute atomic E-state index is 1.23. The first-order valence-electron chi connectivity index (χ1n) is 3.56. The molecule has 0 heterocycles. The van der Waals surface area contributed by atoms with Crippen LogP contribution in [0.15, 0.2) is 30.9 Å². The van der Waals surface area contributed by atoms with Crippen LogP contribution in [0.4, 0.5) is 0 Å². The molecular formula is C10H9I2. The second-order valence-corrected chi connectivity index (χ2v) is 5.04. The first-order valence-corrected chi connectivity index (χ1v) is 5.71. The van der Waals surface area contributed by atoms with Gasteiger partial charge in [0, 0.05) is 13.1 Å². The zero-order valence-electron chi connectivity index (χ0n) is 6.77. The fourth-order valence-electron chi connectivity index (χ4n) is 0.899. The molecule has 0 unspecified atom stereocenters. The van der Waals surface area contributed by atoms with Crippen LogP contribution in [-0.4, -0.2) is 0 Å². The minimum atomic E-state index is 1.23. The van der Waals surface area contributed by atoms with Crippen LogP contribution in [0.3, 0.4) is 0 Å². The largest absolute Gasteiger partial charge is 0.102 e. The Balaban J connectivity index is 3.08. The van der Waals surface area contributed by atoms with Gasteiger partial charge >= 0.3 is 0 Å². The van der Waals surface area contributed by atoms with E-state index in [1.54, 1.807) is 0 Å². The van der Waals surface area contributed by atoms with Gasteiger partial charge < -0.3 is 0 Å². The van der Waals surface area contributed by atoms with Crippen LogP contribution in [0.1, 0.15) is 12.5 Å². The SMILES string of the molecule is C=C[C](C)c1cc(I)cc(I)c1. The summed E-state index contributed by atoms with van der Waals surface area (Å²) in [5.74, 6) is 1.23. The summed E-state index contributed by atoms with van der Waals surface area (Å²) in [6.45, 7) is 5.83. The molecule has 0 bridgehead atoms. The van der Waals surface area contributed by atoms with E-state index in [9.17, 15) is 0 Å². The summed E-state index contributed by atoms with van der Waals surface area (Å²) >= 11 is 4.66. The second-order valence-electron chi connectivity index (χ2n) is 2.55. The van der Waals surface area contributed by atoms with Gasteiger partial charge in [-0.1, -0.05) is 13.0 Å². The predicted octanol–water partition coefficient (Wildman–Crippen LogP) is 4.02. The fraction of sp³-hybridized carbons (Fsp3) is 0.100. The second kappa shape index (κ2) is 4.60. The highest BCUT2D eigenvalue weighted by atomic mass is 127. The highest BCUT2D eigenvalue weighted by molar-refractivity contribution is 14.1. The van der Waals surface area contributed by atoms with Crippen molar-refractivity contribution in [3.05, 3.63) is 49.5 Å². The summed E-state index contributed by atoms with van der Waals surface area (Å²) in [6, 6.07) is 6.49. The maximum Gasteiger partial charge on any atom is 0.0231 e. The topological polar surface area (TPSA) is 0 Å². The van der Waals surface area contributed by atoms with E-state index < -0.39 is 0 Å². The molecule has 0 spiro atoms. The Morgan fingerprint density at radius 2 is 1.75 bits per heavy atom. The summed E-state index contributed by atoms with van der Waals surface area (Å²) in [7, 11) is 0. The highest BCUT2D eigenvalue weighted by Crippen LogP contribution is 2.20. The molecule has 0 saturated heterocycles. The van der Waals surface area contributed by atoms with E-state index in [0.717, 1.165) is 0 Å². The van der Waals surface area contributed by atoms with Crippen molar-refractivity contribution >= 4 is 45.2 Å². The summed E-state index contributed by atoms with van der Waals surface area (Å²) < 4.78 is 2.55. The zero-order chi connectivity index (χ0) is 9.14. The van der Waals surface area contributed by atoms with Gasteiger partial charge in [-0.25, -0.2) is 0 Å². The predicted molar refractivity (Wildman–Crippen MR) is 70.1 cm³/mol. The Hall–Kier alpha value is 0.420. The Labute approximate surface area is 101 Å². The molecule has 0 aliphatic heterocycles. The maximum absolute atomic E-state index is 3.75. The van der Waals surface area contributed by atoms with E-state index in [4.69, 9.17) is 0 Å². The van der Waals surface area contributed by atoms with Gasteiger partial charge in [0.2, 0.25) is 0 Å². The van der Waals surface area contributed by atoms with E-state index in [1.807, 2.05) is 6.08 Å². The number of allylic oxidation sites excluding steroid dienone is 1. The molecule has 1 aromatic carbocycles. The Kier molecular flexibility index (Phi) is 4.02. The first-order chi connectivity index (χ1) is 5.63. The van der Waals surface area contributed by atoms with Crippen molar-refractivity contribution in [1.29, 1.82) is 0 Å². The van der Waals surface area contributed by atoms with Gasteiger partial charge in [-0.15, -0.1) is 6.58 Å². The average molecular weight is 383 g/mol. The van der Waals surface area contributed by atoms with Gasteiger partial charge in [0.25, 0.3) is 0 Å². The van der Waals surface area contributed by atoms with Crippen LogP contribution in [0, 0.1) is 13.1 Å². The molecule has 0 atom stereocenters. The van der Waals surface area contributed by atoms with Gasteiger partial charge in [0.15, 0.2) is 0 Å². The lowest BCUT2D eigenvalue weighted by molar-refractivity contribution is 1.24. The molecule has 2 heteroatoms. The minimum Gasteiger partial charge on any atom is -0.102 e. The fourth-order valence-corrected chi connectivity index (χ4v) is 2.84. The molecule has 0 aliphatic carbocycles. The number of hydrogen-bond acceptors (Lipinski definition) is 0. The molecule has 0 N–H and O–H groups in total. The molecule has 0 saturated carbocycles. The molecule has 0 amide bonds. The van der Waals surface area contributed by atoms with Crippen LogP contribution >= 0.6 is 45.2 Å². The number of benzene rings is 1. The molecule has 0 fully saturated rings. The number of halogens is 2. The molecule has 1 radical (unpaired) electrons. The summed E-state index contributed by atoms with van der Waals surface area (Å²) in [4.78, 5) is 0. The van der Waals surface area contributed by atoms with Crippen LogP contribution in [-0.2, 0) is 0 Å². The van der Waals surface area contributed by atoms with Crippen LogP contribution in [0.2, 0.25) is 0 Å². The Bertz CT molecular complexity index is 272. The standard InChI is InChI=1S/C10H9I2/c1-3-7(2)8-4-9(11)6-10(12)5-8/h3-6H,1H2,2H3. The highest BCUT2D eigenvalue weighted by Gasteiger charge is 2.03. The van der Waals surface area contributed by atoms with Crippen molar-refractivity contribution in [2.24, 2.45) is 0 Å². The third-order valence-corrected chi connectivity index (χ3v) is 2.87. The van der Waals surface area contributed by atoms with Crippen LogP contribution in [0.25, 0.3) is 0 Å². The lowest BCUT2D eigenvalue weighted by Gasteiger charge is -2.06. The van der Waals surface area contributed by atoms with Crippen molar-refractivity contribution in [3.63, 3.8) is 0 Å². The Morgan fingerprint density at radius 3 is 2.17 bits per heavy atom. The van der Waals surface area contributed by atoms with Crippen molar-refractivity contribution in [1.82, 2.24) is 0 Å². The molecule has 63 valence electrons. The van der Waals surface area contributed by atoms with Crippen molar-refractivity contribution in [3.8, 4) is 0 Å². The van der Waals surface area contributed by atoms with Gasteiger partial charge in [0.1, 0.15) is 0 Å². The van der Waals surface area contributed by atoms with Gasteiger partial charge in [-0.05, 0) is 68.9 Å². The summed E-state index contributed by atoms with van der Waals surface area (Å²) in [5.41, 5.74) is 1.27. The smallest absolute Gasteiger partial charge is 0.0231 e. The quantitative estimate of drug-likeness (QED) is 0.677. The van der Waals surface area contributed by atoms with Gasteiger partial charge in [-0.2, -0.15) is 0 Å². The van der Waals surface area contributed by atoms with E-state index in [1.165, 1.54) is 18.6 Å². The lowest BCUT2D eigenvalue weighted by atomic mass is 10.0. The van der Waals surface area contributed by atoms with Crippen molar-refractivity contribution < 1.29 is 0 Å². The van der Waals surface area contributed by atoms with Gasteiger partial charge in [0.05, 0.1) is 0 Å². The van der Waals surface area contributed by atoms with E-state index in [-0.39, 0.29) is 0 Å². The number of hydrogen-bond donors (Lipinski definition) is 0. The van der Waals surface area contributed by atoms with Crippen molar-refractivity contribution in [2.45, 2.75) is 6.92 Å². The lowest BCUT2D eigenvalue weighted by Crippen LogP contribution is -1.91. The average Bonchev–Trinajstić information content (AvgIpc) is 2.01. The normalized spacial score (nSPS) is 10.3. The van der Waals surface area contributed by atoms with E-state index >= 15 is 0 Å². The van der Waals surface area contributed by atoms with E-state index in [0.29, 0.717) is 0 Å². The molecule has 0 nitrogen and oxygen atoms in total. The molecule has 0 aromatic heterocycles. The monoisotopic (exact) mass is 383 g/mol. The van der Waals surface area contributed by atoms with Crippen LogP contribution in [0.5, 0.6) is 0 Å². The van der Waals surface area contributed by atoms with E-state index in [2.05, 4.69) is 76.9 Å². The number of rotatable bonds is 2. The van der Waals surface area contributed by atoms with Crippen molar-refractivity contribution in [2.75, 3.05) is 0 Å². The molecule has 0 aliphatic rings. The molecule has 1 aromatic rings. The molecule has 1 rings (SSSR count).